The minimum atomic E-state index is -0.580. The molecule has 0 aliphatic carbocycles. The summed E-state index contributed by atoms with van der Waals surface area (Å²) in [5.41, 5.74) is 3.44. The summed E-state index contributed by atoms with van der Waals surface area (Å²) in [6, 6.07) is 13.1. The molecule has 0 amide bonds. The predicted molar refractivity (Wildman–Crippen MR) is 84.6 cm³/mol. The van der Waals surface area contributed by atoms with Crippen molar-refractivity contribution in [3.63, 3.8) is 0 Å². The fourth-order valence-corrected chi connectivity index (χ4v) is 2.56. The summed E-state index contributed by atoms with van der Waals surface area (Å²) >= 11 is 0. The molecule has 23 heavy (non-hydrogen) atoms. The van der Waals surface area contributed by atoms with Gasteiger partial charge in [0.25, 0.3) is 0 Å². The molecule has 1 aromatic carbocycles. The summed E-state index contributed by atoms with van der Waals surface area (Å²) in [5, 5.41) is 9.27. The lowest BCUT2D eigenvalue weighted by atomic mass is 10.1. The van der Waals surface area contributed by atoms with Crippen molar-refractivity contribution in [2.24, 2.45) is 0 Å². The van der Waals surface area contributed by atoms with E-state index in [9.17, 15) is 4.39 Å². The van der Waals surface area contributed by atoms with Crippen LogP contribution in [-0.4, -0.2) is 25.0 Å². The summed E-state index contributed by atoms with van der Waals surface area (Å²) in [6.07, 6.45) is 3.16. The van der Waals surface area contributed by atoms with E-state index >= 15 is 0 Å². The van der Waals surface area contributed by atoms with Gasteiger partial charge in [-0.25, -0.2) is 9.67 Å². The SMILES string of the molecule is Cc1c(-c2cnc3ccccc3c2)nnn1-c1cccnc1F. The van der Waals surface area contributed by atoms with Crippen LogP contribution in [0.1, 0.15) is 5.69 Å². The van der Waals surface area contributed by atoms with Crippen molar-refractivity contribution in [1.29, 1.82) is 0 Å². The van der Waals surface area contributed by atoms with Crippen LogP contribution in [0, 0.1) is 12.9 Å². The first-order valence-corrected chi connectivity index (χ1v) is 7.12. The molecular weight excluding hydrogens is 293 g/mol. The van der Waals surface area contributed by atoms with Gasteiger partial charge in [-0.3, -0.25) is 4.98 Å². The molecule has 3 aromatic heterocycles. The quantitative estimate of drug-likeness (QED) is 0.533. The highest BCUT2D eigenvalue weighted by Gasteiger charge is 2.15. The van der Waals surface area contributed by atoms with E-state index in [0.717, 1.165) is 22.2 Å². The topological polar surface area (TPSA) is 56.5 Å². The van der Waals surface area contributed by atoms with Gasteiger partial charge in [0.15, 0.2) is 0 Å². The van der Waals surface area contributed by atoms with Crippen LogP contribution in [0.3, 0.4) is 0 Å². The van der Waals surface area contributed by atoms with E-state index in [1.54, 1.807) is 18.3 Å². The molecule has 3 heterocycles. The fourth-order valence-electron chi connectivity index (χ4n) is 2.56. The van der Waals surface area contributed by atoms with E-state index in [0.29, 0.717) is 5.69 Å². The average molecular weight is 305 g/mol. The van der Waals surface area contributed by atoms with Crippen molar-refractivity contribution in [3.05, 3.63) is 66.5 Å². The van der Waals surface area contributed by atoms with E-state index in [4.69, 9.17) is 0 Å². The maximum Gasteiger partial charge on any atom is 0.238 e. The molecule has 112 valence electrons. The number of pyridine rings is 2. The number of hydrogen-bond donors (Lipinski definition) is 0. The van der Waals surface area contributed by atoms with Crippen molar-refractivity contribution < 1.29 is 4.39 Å². The highest BCUT2D eigenvalue weighted by atomic mass is 19.1. The van der Waals surface area contributed by atoms with Gasteiger partial charge in [0.05, 0.1) is 11.2 Å². The minimum Gasteiger partial charge on any atom is -0.256 e. The fraction of sp³-hybridized carbons (Fsp3) is 0.0588. The Morgan fingerprint density at radius 1 is 1.04 bits per heavy atom. The van der Waals surface area contributed by atoms with Crippen LogP contribution >= 0.6 is 0 Å². The van der Waals surface area contributed by atoms with Crippen LogP contribution in [0.5, 0.6) is 0 Å². The lowest BCUT2D eigenvalue weighted by Gasteiger charge is -2.04. The van der Waals surface area contributed by atoms with Crippen molar-refractivity contribution in [2.45, 2.75) is 6.92 Å². The van der Waals surface area contributed by atoms with E-state index in [1.807, 2.05) is 37.3 Å². The van der Waals surface area contributed by atoms with E-state index in [1.165, 1.54) is 10.9 Å². The molecule has 0 fully saturated rings. The average Bonchev–Trinajstić information content (AvgIpc) is 2.96. The van der Waals surface area contributed by atoms with Gasteiger partial charge < -0.3 is 0 Å². The van der Waals surface area contributed by atoms with E-state index in [2.05, 4.69) is 20.3 Å². The molecule has 0 radical (unpaired) electrons. The summed E-state index contributed by atoms with van der Waals surface area (Å²) in [7, 11) is 0. The first kappa shape index (κ1) is 13.5. The summed E-state index contributed by atoms with van der Waals surface area (Å²) in [5.74, 6) is -0.580. The monoisotopic (exact) mass is 305 g/mol. The largest absolute Gasteiger partial charge is 0.256 e. The van der Waals surface area contributed by atoms with Gasteiger partial charge in [-0.1, -0.05) is 23.4 Å². The van der Waals surface area contributed by atoms with Crippen LogP contribution in [0.25, 0.3) is 27.8 Å². The molecular formula is C17H12FN5. The van der Waals surface area contributed by atoms with Crippen LogP contribution in [0.4, 0.5) is 4.39 Å². The lowest BCUT2D eigenvalue weighted by molar-refractivity contribution is 0.564. The maximum atomic E-state index is 13.9. The Labute approximate surface area is 131 Å². The highest BCUT2D eigenvalue weighted by Crippen LogP contribution is 2.25. The van der Waals surface area contributed by atoms with Crippen molar-refractivity contribution in [3.8, 4) is 16.9 Å². The number of halogens is 1. The van der Waals surface area contributed by atoms with E-state index in [-0.39, 0.29) is 5.69 Å². The van der Waals surface area contributed by atoms with Crippen molar-refractivity contribution in [1.82, 2.24) is 25.0 Å². The van der Waals surface area contributed by atoms with Crippen LogP contribution in [0.15, 0.2) is 54.9 Å². The van der Waals surface area contributed by atoms with Crippen molar-refractivity contribution in [2.75, 3.05) is 0 Å². The Bertz CT molecular complexity index is 1010. The Hall–Kier alpha value is -3.15. The normalized spacial score (nSPS) is 11.0. The number of benzene rings is 1. The van der Waals surface area contributed by atoms with Gasteiger partial charge in [-0.05, 0) is 31.2 Å². The third-order valence-corrected chi connectivity index (χ3v) is 3.73. The van der Waals surface area contributed by atoms with Gasteiger partial charge in [-0.2, -0.15) is 4.39 Å². The summed E-state index contributed by atoms with van der Waals surface area (Å²) in [6.45, 7) is 1.84. The molecule has 0 saturated carbocycles. The molecule has 0 aliphatic heterocycles. The standard InChI is InChI=1S/C17H12FN5/c1-11-16(13-9-12-5-2-3-6-14(12)20-10-13)21-22-23(11)15-7-4-8-19-17(15)18/h2-10H,1H3. The Morgan fingerprint density at radius 2 is 1.91 bits per heavy atom. The number of para-hydroxylation sites is 1. The van der Waals surface area contributed by atoms with Gasteiger partial charge in [-0.15, -0.1) is 5.10 Å². The Morgan fingerprint density at radius 3 is 2.78 bits per heavy atom. The number of hydrogen-bond acceptors (Lipinski definition) is 4. The first-order valence-electron chi connectivity index (χ1n) is 7.12. The lowest BCUT2D eigenvalue weighted by Crippen LogP contribution is -2.03. The molecule has 0 saturated heterocycles. The number of nitrogens with zero attached hydrogens (tertiary/aromatic N) is 5. The molecule has 0 bridgehead atoms. The molecule has 5 nitrogen and oxygen atoms in total. The smallest absolute Gasteiger partial charge is 0.238 e. The molecule has 0 N–H and O–H groups in total. The Kier molecular flexibility index (Phi) is 3.08. The van der Waals surface area contributed by atoms with Gasteiger partial charge in [0, 0.05) is 23.3 Å². The van der Waals surface area contributed by atoms with E-state index < -0.39 is 5.95 Å². The summed E-state index contributed by atoms with van der Waals surface area (Å²) in [4.78, 5) is 8.09. The number of aromatic nitrogens is 5. The van der Waals surface area contributed by atoms with Crippen molar-refractivity contribution >= 4 is 10.9 Å². The molecule has 0 spiro atoms. The highest BCUT2D eigenvalue weighted by molar-refractivity contribution is 5.83. The van der Waals surface area contributed by atoms with Crippen LogP contribution in [-0.2, 0) is 0 Å². The zero-order valence-electron chi connectivity index (χ0n) is 12.3. The van der Waals surface area contributed by atoms with Gasteiger partial charge >= 0.3 is 0 Å². The molecule has 0 unspecified atom stereocenters. The van der Waals surface area contributed by atoms with Gasteiger partial charge in [0.2, 0.25) is 5.95 Å². The second kappa shape index (κ2) is 5.24. The second-order valence-corrected chi connectivity index (χ2v) is 5.17. The molecule has 4 rings (SSSR count). The molecule has 0 aliphatic rings. The Balaban J connectivity index is 1.85. The summed E-state index contributed by atoms with van der Waals surface area (Å²) < 4.78 is 15.3. The molecule has 4 aromatic rings. The van der Waals surface area contributed by atoms with Gasteiger partial charge in [0.1, 0.15) is 11.4 Å². The third kappa shape index (κ3) is 2.24. The minimum absolute atomic E-state index is 0.275. The van der Waals surface area contributed by atoms with Crippen LogP contribution in [0.2, 0.25) is 0 Å². The zero-order valence-corrected chi connectivity index (χ0v) is 12.3. The zero-order chi connectivity index (χ0) is 15.8. The first-order chi connectivity index (χ1) is 11.2. The third-order valence-electron chi connectivity index (χ3n) is 3.73. The predicted octanol–water partition coefficient (Wildman–Crippen LogP) is 3.33. The number of rotatable bonds is 2. The second-order valence-electron chi connectivity index (χ2n) is 5.17. The molecule has 0 atom stereocenters. The van der Waals surface area contributed by atoms with Crippen LogP contribution < -0.4 is 0 Å². The molecule has 6 heteroatoms. The number of fused-ring (bicyclic) bond motifs is 1. The maximum absolute atomic E-state index is 13.9.